The lowest BCUT2D eigenvalue weighted by molar-refractivity contribution is -0.138. The molecule has 2 aliphatic heterocycles. The van der Waals surface area contributed by atoms with Crippen LogP contribution < -0.4 is 5.32 Å². The number of benzene rings is 2. The van der Waals surface area contributed by atoms with Crippen LogP contribution in [0.5, 0.6) is 0 Å². The molecule has 4 amide bonds. The number of nitrogens with one attached hydrogen (secondary N) is 1. The van der Waals surface area contributed by atoms with Gasteiger partial charge >= 0.3 is 12.2 Å². The molecule has 2 aromatic carbocycles. The van der Waals surface area contributed by atoms with Gasteiger partial charge in [-0.15, -0.1) is 0 Å². The lowest BCUT2D eigenvalue weighted by Gasteiger charge is -2.32. The van der Waals surface area contributed by atoms with Gasteiger partial charge in [-0.1, -0.05) is 48.5 Å². The molecule has 0 saturated heterocycles. The van der Waals surface area contributed by atoms with Crippen molar-refractivity contribution in [1.82, 2.24) is 24.9 Å². The lowest BCUT2D eigenvalue weighted by atomic mass is 9.92. The standard InChI is InChI=1S/C27H30F3N5O3/c1-32(2)13-14-34(15-18-9-5-4-6-10-18)22(36)17-35-16-21-23(25(35)37)24(31-26(38)33(21)3)19-11-7-8-12-20(19)27(28,29)30/h4-12,24H,13-17H2,1-3H3,(H,31,38)/t24-/m1/s1. The Morgan fingerprint density at radius 2 is 1.68 bits per heavy atom. The average molecular weight is 530 g/mol. The first-order chi connectivity index (χ1) is 18.0. The number of hydrogen-bond acceptors (Lipinski definition) is 4. The molecule has 0 aromatic heterocycles. The fraction of sp³-hybridized carbons (Fsp3) is 0.370. The molecule has 0 unspecified atom stereocenters. The Kier molecular flexibility index (Phi) is 7.77. The van der Waals surface area contributed by atoms with Gasteiger partial charge < -0.3 is 20.0 Å². The van der Waals surface area contributed by atoms with Gasteiger partial charge in [0.15, 0.2) is 0 Å². The van der Waals surface area contributed by atoms with Crippen molar-refractivity contribution in [2.24, 2.45) is 0 Å². The Labute approximate surface area is 219 Å². The van der Waals surface area contributed by atoms with Crippen LogP contribution in [0, 0.1) is 0 Å². The Morgan fingerprint density at radius 1 is 1.03 bits per heavy atom. The average Bonchev–Trinajstić information content (AvgIpc) is 3.20. The summed E-state index contributed by atoms with van der Waals surface area (Å²) >= 11 is 0. The Balaban J connectivity index is 1.59. The van der Waals surface area contributed by atoms with Crippen molar-refractivity contribution in [3.05, 3.63) is 82.6 Å². The predicted octanol–water partition coefficient (Wildman–Crippen LogP) is 3.09. The van der Waals surface area contributed by atoms with Crippen molar-refractivity contribution >= 4 is 17.8 Å². The predicted molar refractivity (Wildman–Crippen MR) is 134 cm³/mol. The van der Waals surface area contributed by atoms with E-state index in [1.54, 1.807) is 4.90 Å². The maximum absolute atomic E-state index is 13.8. The molecule has 1 N–H and O–H groups in total. The number of carbonyl (C=O) groups excluding carboxylic acids is 3. The fourth-order valence-electron chi connectivity index (χ4n) is 4.67. The van der Waals surface area contributed by atoms with E-state index in [4.69, 9.17) is 0 Å². The highest BCUT2D eigenvalue weighted by Gasteiger charge is 2.46. The smallest absolute Gasteiger partial charge is 0.336 e. The van der Waals surface area contributed by atoms with Crippen LogP contribution in [0.15, 0.2) is 65.9 Å². The summed E-state index contributed by atoms with van der Waals surface area (Å²) in [6.07, 6.45) is -4.67. The van der Waals surface area contributed by atoms with Crippen molar-refractivity contribution in [3.8, 4) is 0 Å². The monoisotopic (exact) mass is 529 g/mol. The first kappa shape index (κ1) is 27.2. The molecule has 1 atom stereocenters. The van der Waals surface area contributed by atoms with E-state index < -0.39 is 29.7 Å². The van der Waals surface area contributed by atoms with Gasteiger partial charge in [-0.3, -0.25) is 14.5 Å². The molecule has 2 heterocycles. The molecule has 4 rings (SSSR count). The Hall–Kier alpha value is -3.86. The molecule has 0 radical (unpaired) electrons. The highest BCUT2D eigenvalue weighted by molar-refractivity contribution is 6.03. The number of amides is 4. The first-order valence-corrected chi connectivity index (χ1v) is 12.2. The van der Waals surface area contributed by atoms with Crippen LogP contribution >= 0.6 is 0 Å². The van der Waals surface area contributed by atoms with Crippen molar-refractivity contribution in [2.75, 3.05) is 47.3 Å². The number of halogens is 3. The molecule has 0 saturated carbocycles. The van der Waals surface area contributed by atoms with Gasteiger partial charge in [0.1, 0.15) is 6.54 Å². The second kappa shape index (κ2) is 10.9. The normalized spacial score (nSPS) is 17.7. The SMILES string of the molecule is CN(C)CCN(Cc1ccccc1)C(=O)CN1CC2=C(C1=O)[C@@H](c1ccccc1C(F)(F)F)NC(=O)N2C. The first-order valence-electron chi connectivity index (χ1n) is 12.2. The molecule has 8 nitrogen and oxygen atoms in total. The van der Waals surface area contributed by atoms with Gasteiger partial charge in [0.2, 0.25) is 5.91 Å². The van der Waals surface area contributed by atoms with Crippen molar-refractivity contribution in [2.45, 2.75) is 18.8 Å². The Bertz CT molecular complexity index is 1250. The fourth-order valence-corrected chi connectivity index (χ4v) is 4.67. The minimum absolute atomic E-state index is 0.0412. The van der Waals surface area contributed by atoms with Crippen LogP contribution in [0.3, 0.4) is 0 Å². The van der Waals surface area contributed by atoms with Gasteiger partial charge in [-0.2, -0.15) is 13.2 Å². The summed E-state index contributed by atoms with van der Waals surface area (Å²) in [4.78, 5) is 45.7. The van der Waals surface area contributed by atoms with E-state index >= 15 is 0 Å². The summed E-state index contributed by atoms with van der Waals surface area (Å²) in [5, 5.41) is 2.54. The van der Waals surface area contributed by atoms with Crippen LogP contribution in [0.4, 0.5) is 18.0 Å². The summed E-state index contributed by atoms with van der Waals surface area (Å²) in [6, 6.07) is 12.4. The van der Waals surface area contributed by atoms with Gasteiger partial charge in [0, 0.05) is 26.7 Å². The van der Waals surface area contributed by atoms with E-state index in [9.17, 15) is 27.6 Å². The number of likely N-dealkylation sites (N-methyl/N-ethyl adjacent to an activating group) is 2. The molecule has 202 valence electrons. The maximum Gasteiger partial charge on any atom is 0.416 e. The van der Waals surface area contributed by atoms with E-state index in [1.807, 2.05) is 49.3 Å². The van der Waals surface area contributed by atoms with Gasteiger partial charge in [0.05, 0.1) is 29.4 Å². The summed E-state index contributed by atoms with van der Waals surface area (Å²) in [6.45, 7) is 1.07. The zero-order valence-electron chi connectivity index (χ0n) is 21.5. The van der Waals surface area contributed by atoms with E-state index in [1.165, 1.54) is 35.0 Å². The number of hydrogen-bond donors (Lipinski definition) is 1. The van der Waals surface area contributed by atoms with Crippen LogP contribution in [0.2, 0.25) is 0 Å². The van der Waals surface area contributed by atoms with E-state index in [0.29, 0.717) is 19.6 Å². The van der Waals surface area contributed by atoms with Crippen molar-refractivity contribution < 1.29 is 27.6 Å². The summed E-state index contributed by atoms with van der Waals surface area (Å²) in [5.74, 6) is -0.868. The minimum Gasteiger partial charge on any atom is -0.336 e. The van der Waals surface area contributed by atoms with Crippen LogP contribution in [-0.2, 0) is 22.3 Å². The molecule has 2 aromatic rings. The lowest BCUT2D eigenvalue weighted by Crippen LogP contribution is -2.45. The van der Waals surface area contributed by atoms with Crippen molar-refractivity contribution in [3.63, 3.8) is 0 Å². The number of alkyl halides is 3. The summed E-state index contributed by atoms with van der Waals surface area (Å²) in [7, 11) is 5.24. The topological polar surface area (TPSA) is 76.2 Å². The second-order valence-corrected chi connectivity index (χ2v) is 9.65. The number of carbonyl (C=O) groups is 3. The third-order valence-corrected chi connectivity index (χ3v) is 6.72. The third kappa shape index (κ3) is 5.67. The largest absolute Gasteiger partial charge is 0.416 e. The Morgan fingerprint density at radius 3 is 2.34 bits per heavy atom. The number of nitrogens with zero attached hydrogens (tertiary/aromatic N) is 4. The van der Waals surface area contributed by atoms with E-state index in [2.05, 4.69) is 5.32 Å². The highest BCUT2D eigenvalue weighted by atomic mass is 19.4. The van der Waals surface area contributed by atoms with Gasteiger partial charge in [0.25, 0.3) is 5.91 Å². The number of urea groups is 1. The molecular formula is C27H30F3N5O3. The summed E-state index contributed by atoms with van der Waals surface area (Å²) in [5.41, 5.74) is 0.118. The second-order valence-electron chi connectivity index (χ2n) is 9.65. The molecule has 0 aliphatic carbocycles. The quantitative estimate of drug-likeness (QED) is 0.571. The van der Waals surface area contributed by atoms with E-state index in [-0.39, 0.29) is 35.8 Å². The molecule has 0 bridgehead atoms. The molecule has 38 heavy (non-hydrogen) atoms. The summed E-state index contributed by atoms with van der Waals surface area (Å²) < 4.78 is 41.3. The van der Waals surface area contributed by atoms with Crippen molar-refractivity contribution in [1.29, 1.82) is 0 Å². The number of rotatable bonds is 8. The highest BCUT2D eigenvalue weighted by Crippen LogP contribution is 2.41. The third-order valence-electron chi connectivity index (χ3n) is 6.72. The maximum atomic E-state index is 13.8. The van der Waals surface area contributed by atoms with Crippen LogP contribution in [0.1, 0.15) is 22.7 Å². The zero-order valence-corrected chi connectivity index (χ0v) is 21.5. The zero-order chi connectivity index (χ0) is 27.6. The minimum atomic E-state index is -4.67. The van der Waals surface area contributed by atoms with Gasteiger partial charge in [-0.05, 0) is 31.3 Å². The molecular weight excluding hydrogens is 499 g/mol. The molecule has 2 aliphatic rings. The van der Waals surface area contributed by atoms with Crippen LogP contribution in [0.25, 0.3) is 0 Å². The van der Waals surface area contributed by atoms with Gasteiger partial charge in [-0.25, -0.2) is 4.79 Å². The molecule has 0 fully saturated rings. The van der Waals surface area contributed by atoms with Crippen LogP contribution in [-0.4, -0.2) is 84.8 Å². The molecule has 11 heteroatoms. The molecule has 0 spiro atoms. The van der Waals surface area contributed by atoms with E-state index in [0.717, 1.165) is 11.6 Å².